The van der Waals surface area contributed by atoms with E-state index in [-0.39, 0.29) is 16.2 Å². The summed E-state index contributed by atoms with van der Waals surface area (Å²) in [5.74, 6) is 0.373. The van der Waals surface area contributed by atoms with Crippen LogP contribution < -0.4 is 5.32 Å². The van der Waals surface area contributed by atoms with E-state index in [0.717, 1.165) is 48.9 Å². The van der Waals surface area contributed by atoms with Gasteiger partial charge in [0.25, 0.3) is 5.91 Å². The molecule has 1 fully saturated rings. The molecule has 0 saturated heterocycles. The van der Waals surface area contributed by atoms with Gasteiger partial charge < -0.3 is 5.32 Å². The van der Waals surface area contributed by atoms with Crippen molar-refractivity contribution in [3.63, 3.8) is 0 Å². The highest BCUT2D eigenvalue weighted by Gasteiger charge is 2.47. The average Bonchev–Trinajstić information content (AvgIpc) is 3.51. The van der Waals surface area contributed by atoms with Crippen LogP contribution in [0, 0.1) is 5.92 Å². The van der Waals surface area contributed by atoms with Crippen molar-refractivity contribution in [3.05, 3.63) is 65.5 Å². The van der Waals surface area contributed by atoms with Gasteiger partial charge in [-0.1, -0.05) is 65.3 Å². The lowest BCUT2D eigenvalue weighted by Gasteiger charge is -2.31. The summed E-state index contributed by atoms with van der Waals surface area (Å²) < 4.78 is -0.0377. The molecule has 0 aliphatic heterocycles. The van der Waals surface area contributed by atoms with Gasteiger partial charge in [0.1, 0.15) is 0 Å². The predicted octanol–water partition coefficient (Wildman–Crippen LogP) is 6.19. The molecule has 1 aromatic carbocycles. The highest BCUT2D eigenvalue weighted by atomic mass is 32.1. The highest BCUT2D eigenvalue weighted by Crippen LogP contribution is 2.44. The first-order valence-corrected chi connectivity index (χ1v) is 11.4. The maximum absolute atomic E-state index is 13.1. The number of benzene rings is 1. The Morgan fingerprint density at radius 3 is 2.45 bits per heavy atom. The van der Waals surface area contributed by atoms with Gasteiger partial charge in [-0.15, -0.1) is 0 Å². The van der Waals surface area contributed by atoms with Crippen LogP contribution in [-0.4, -0.2) is 15.6 Å². The zero-order chi connectivity index (χ0) is 21.5. The lowest BCUT2D eigenvalue weighted by atomic mass is 9.84. The molecule has 3 nitrogen and oxygen atoms in total. The summed E-state index contributed by atoms with van der Waals surface area (Å²) in [7, 11) is 0. The highest BCUT2D eigenvalue weighted by molar-refractivity contribution is 7.81. The summed E-state index contributed by atoms with van der Waals surface area (Å²) in [6.45, 7) is 10.6. The molecule has 29 heavy (non-hydrogen) atoms. The molecule has 2 unspecified atom stereocenters. The Labute approximate surface area is 182 Å². The summed E-state index contributed by atoms with van der Waals surface area (Å²) in [4.78, 5) is 17.6. The number of aromatic nitrogens is 1. The van der Waals surface area contributed by atoms with E-state index >= 15 is 0 Å². The standard InChI is InChI=1S/C23H30N2OS.C2H6/c1-4-12-22(3,27)17(2)16-18-9-5-6-10-19(18)21(26)25-23(13-14-23)20-11-7-8-15-24-20;1-2/h5-11,15,17,27H,4,12-14,16H2,1-3H3,(H,25,26);1-2H3. The molecular weight excluding hydrogens is 376 g/mol. The maximum Gasteiger partial charge on any atom is 0.252 e. The molecule has 1 amide bonds. The summed E-state index contributed by atoms with van der Waals surface area (Å²) in [6.07, 6.45) is 6.70. The third-order valence-electron chi connectivity index (χ3n) is 5.86. The van der Waals surface area contributed by atoms with Gasteiger partial charge in [0.15, 0.2) is 0 Å². The molecule has 0 radical (unpaired) electrons. The van der Waals surface area contributed by atoms with E-state index in [4.69, 9.17) is 12.6 Å². The van der Waals surface area contributed by atoms with Crippen LogP contribution in [0.2, 0.25) is 0 Å². The zero-order valence-corrected chi connectivity index (χ0v) is 19.4. The molecule has 1 N–H and O–H groups in total. The first kappa shape index (κ1) is 23.5. The lowest BCUT2D eigenvalue weighted by molar-refractivity contribution is 0.0928. The van der Waals surface area contributed by atoms with Gasteiger partial charge in [-0.25, -0.2) is 0 Å². The van der Waals surface area contributed by atoms with Crippen LogP contribution in [0.5, 0.6) is 0 Å². The Balaban J connectivity index is 0.00000145. The van der Waals surface area contributed by atoms with Crippen LogP contribution in [0.25, 0.3) is 0 Å². The van der Waals surface area contributed by atoms with Gasteiger partial charge in [0.2, 0.25) is 0 Å². The third kappa shape index (κ3) is 5.85. The molecule has 1 aliphatic carbocycles. The fourth-order valence-electron chi connectivity index (χ4n) is 3.72. The molecule has 3 rings (SSSR count). The van der Waals surface area contributed by atoms with Crippen LogP contribution in [0.15, 0.2) is 48.7 Å². The van der Waals surface area contributed by atoms with E-state index in [2.05, 4.69) is 37.1 Å². The molecule has 1 heterocycles. The predicted molar refractivity (Wildman–Crippen MR) is 126 cm³/mol. The molecule has 4 heteroatoms. The van der Waals surface area contributed by atoms with Crippen molar-refractivity contribution in [1.82, 2.24) is 10.3 Å². The number of rotatable bonds is 8. The van der Waals surface area contributed by atoms with Crippen LogP contribution in [0.3, 0.4) is 0 Å². The number of pyridine rings is 1. The number of hydrogen-bond acceptors (Lipinski definition) is 3. The monoisotopic (exact) mass is 412 g/mol. The quantitative estimate of drug-likeness (QED) is 0.507. The SMILES string of the molecule is CC.CCCC(C)(S)C(C)Cc1ccccc1C(=O)NC1(c2ccccn2)CC1. The Hall–Kier alpha value is -1.81. The van der Waals surface area contributed by atoms with E-state index in [1.807, 2.05) is 50.2 Å². The molecule has 0 spiro atoms. The minimum absolute atomic E-state index is 0.00249. The number of nitrogens with one attached hydrogen (secondary N) is 1. The van der Waals surface area contributed by atoms with Crippen LogP contribution in [0.4, 0.5) is 0 Å². The Morgan fingerprint density at radius 1 is 1.21 bits per heavy atom. The van der Waals surface area contributed by atoms with Gasteiger partial charge in [0.05, 0.1) is 11.2 Å². The van der Waals surface area contributed by atoms with Gasteiger partial charge >= 0.3 is 0 Å². The summed E-state index contributed by atoms with van der Waals surface area (Å²) >= 11 is 4.90. The van der Waals surface area contributed by atoms with E-state index in [1.54, 1.807) is 6.20 Å². The maximum atomic E-state index is 13.1. The number of hydrogen-bond donors (Lipinski definition) is 2. The van der Waals surface area contributed by atoms with E-state index in [0.29, 0.717) is 5.92 Å². The molecule has 1 aliphatic rings. The van der Waals surface area contributed by atoms with Gasteiger partial charge in [0, 0.05) is 16.5 Å². The second kappa shape index (κ2) is 10.3. The molecule has 2 aromatic rings. The average molecular weight is 413 g/mol. The molecular formula is C25H36N2OS. The number of nitrogens with zero attached hydrogens (tertiary/aromatic N) is 1. The first-order valence-electron chi connectivity index (χ1n) is 10.9. The zero-order valence-electron chi connectivity index (χ0n) is 18.5. The smallest absolute Gasteiger partial charge is 0.252 e. The number of carbonyl (C=O) groups excluding carboxylic acids is 1. The van der Waals surface area contributed by atoms with Crippen LogP contribution in [-0.2, 0) is 12.0 Å². The number of carbonyl (C=O) groups is 1. The Kier molecular flexibility index (Phi) is 8.33. The second-order valence-electron chi connectivity index (χ2n) is 8.12. The van der Waals surface area contributed by atoms with Crippen molar-refractivity contribution in [1.29, 1.82) is 0 Å². The number of thiol groups is 1. The summed E-state index contributed by atoms with van der Waals surface area (Å²) in [6, 6.07) is 13.8. The van der Waals surface area contributed by atoms with Gasteiger partial charge in [-0.05, 0) is 55.4 Å². The van der Waals surface area contributed by atoms with Crippen LogP contribution >= 0.6 is 12.6 Å². The molecule has 1 aromatic heterocycles. The molecule has 158 valence electrons. The minimum atomic E-state index is -0.294. The fourth-order valence-corrected chi connectivity index (χ4v) is 4.04. The summed E-state index contributed by atoms with van der Waals surface area (Å²) in [5, 5.41) is 3.26. The van der Waals surface area contributed by atoms with E-state index in [9.17, 15) is 4.79 Å². The normalized spacial score (nSPS) is 17.3. The van der Waals surface area contributed by atoms with Crippen molar-refractivity contribution in [3.8, 4) is 0 Å². The largest absolute Gasteiger partial charge is 0.341 e. The van der Waals surface area contributed by atoms with Crippen LogP contribution in [0.1, 0.15) is 81.9 Å². The fraction of sp³-hybridized carbons (Fsp3) is 0.520. The first-order chi connectivity index (χ1) is 13.9. The van der Waals surface area contributed by atoms with Crippen molar-refractivity contribution in [2.45, 2.75) is 77.0 Å². The second-order valence-corrected chi connectivity index (χ2v) is 9.14. The molecule has 0 bridgehead atoms. The van der Waals surface area contributed by atoms with Gasteiger partial charge in [-0.2, -0.15) is 12.6 Å². The van der Waals surface area contributed by atoms with Crippen molar-refractivity contribution in [2.24, 2.45) is 5.92 Å². The number of amides is 1. The van der Waals surface area contributed by atoms with Crippen molar-refractivity contribution >= 4 is 18.5 Å². The minimum Gasteiger partial charge on any atom is -0.341 e. The van der Waals surface area contributed by atoms with Crippen molar-refractivity contribution in [2.75, 3.05) is 0 Å². The van der Waals surface area contributed by atoms with Gasteiger partial charge in [-0.3, -0.25) is 9.78 Å². The Bertz CT molecular complexity index is 784. The lowest BCUT2D eigenvalue weighted by Crippen LogP contribution is -2.36. The summed E-state index contributed by atoms with van der Waals surface area (Å²) in [5.41, 5.74) is 2.52. The van der Waals surface area contributed by atoms with E-state index < -0.39 is 0 Å². The topological polar surface area (TPSA) is 42.0 Å². The Morgan fingerprint density at radius 2 is 1.86 bits per heavy atom. The molecule has 1 saturated carbocycles. The third-order valence-corrected chi connectivity index (χ3v) is 6.53. The van der Waals surface area contributed by atoms with Crippen molar-refractivity contribution < 1.29 is 4.79 Å². The molecule has 2 atom stereocenters. The van der Waals surface area contributed by atoms with E-state index in [1.165, 1.54) is 0 Å².